The first kappa shape index (κ1) is 18.9. The summed E-state index contributed by atoms with van der Waals surface area (Å²) >= 11 is 1.75. The molecule has 5 heteroatoms. The van der Waals surface area contributed by atoms with Gasteiger partial charge in [0.2, 0.25) is 0 Å². The number of ether oxygens (including phenoxy) is 1. The van der Waals surface area contributed by atoms with E-state index >= 15 is 0 Å². The summed E-state index contributed by atoms with van der Waals surface area (Å²) in [5.41, 5.74) is 1.95. The van der Waals surface area contributed by atoms with Gasteiger partial charge in [0.15, 0.2) is 0 Å². The standard InChI is InChI=1S/C19H28N2O2S/c1-6-18-21-14(5)19(24-18)13(4)20-11-17(22)15-8-7-9-16(10-15)23-12(2)3/h7-10,12-13,17,20,22H,6,11H2,1-5H3. The van der Waals surface area contributed by atoms with Gasteiger partial charge in [0.05, 0.1) is 22.9 Å². The lowest BCUT2D eigenvalue weighted by Gasteiger charge is -2.18. The highest BCUT2D eigenvalue weighted by Gasteiger charge is 2.16. The second-order valence-electron chi connectivity index (χ2n) is 6.30. The molecule has 1 aromatic carbocycles. The molecule has 0 radical (unpaired) electrons. The van der Waals surface area contributed by atoms with Crippen LogP contribution in [0.25, 0.3) is 0 Å². The monoisotopic (exact) mass is 348 g/mol. The van der Waals surface area contributed by atoms with E-state index in [1.54, 1.807) is 11.3 Å². The number of hydrogen-bond donors (Lipinski definition) is 2. The van der Waals surface area contributed by atoms with E-state index in [0.29, 0.717) is 6.54 Å². The third-order valence-electron chi connectivity index (χ3n) is 3.80. The smallest absolute Gasteiger partial charge is 0.120 e. The van der Waals surface area contributed by atoms with E-state index in [9.17, 15) is 5.11 Å². The molecule has 2 N–H and O–H groups in total. The molecular formula is C19H28N2O2S. The van der Waals surface area contributed by atoms with E-state index in [2.05, 4.69) is 24.1 Å². The van der Waals surface area contributed by atoms with E-state index in [0.717, 1.165) is 28.4 Å². The van der Waals surface area contributed by atoms with E-state index in [1.807, 2.05) is 45.0 Å². The molecule has 132 valence electrons. The topological polar surface area (TPSA) is 54.4 Å². The summed E-state index contributed by atoms with van der Waals surface area (Å²) in [7, 11) is 0. The molecule has 0 bridgehead atoms. The van der Waals surface area contributed by atoms with Crippen molar-refractivity contribution in [2.45, 2.75) is 59.3 Å². The van der Waals surface area contributed by atoms with Gasteiger partial charge >= 0.3 is 0 Å². The molecular weight excluding hydrogens is 320 g/mol. The van der Waals surface area contributed by atoms with Crippen LogP contribution in [-0.4, -0.2) is 22.7 Å². The first-order valence-corrected chi connectivity index (χ1v) is 9.36. The highest BCUT2D eigenvalue weighted by atomic mass is 32.1. The van der Waals surface area contributed by atoms with Crippen molar-refractivity contribution in [2.75, 3.05) is 6.54 Å². The molecule has 4 nitrogen and oxygen atoms in total. The second kappa shape index (κ2) is 8.60. The minimum Gasteiger partial charge on any atom is -0.491 e. The first-order valence-electron chi connectivity index (χ1n) is 8.55. The van der Waals surface area contributed by atoms with Gasteiger partial charge in [-0.2, -0.15) is 0 Å². The lowest BCUT2D eigenvalue weighted by Crippen LogP contribution is -2.24. The maximum Gasteiger partial charge on any atom is 0.120 e. The Morgan fingerprint density at radius 2 is 2.04 bits per heavy atom. The van der Waals surface area contributed by atoms with Crippen LogP contribution < -0.4 is 10.1 Å². The van der Waals surface area contributed by atoms with Gasteiger partial charge < -0.3 is 15.2 Å². The summed E-state index contributed by atoms with van der Waals surface area (Å²) in [6, 6.07) is 7.84. The zero-order valence-corrected chi connectivity index (χ0v) is 16.0. The Balaban J connectivity index is 1.97. The Kier molecular flexibility index (Phi) is 6.78. The Bertz CT molecular complexity index is 655. The zero-order valence-electron chi connectivity index (χ0n) is 15.2. The average molecular weight is 349 g/mol. The van der Waals surface area contributed by atoms with Crippen molar-refractivity contribution >= 4 is 11.3 Å². The number of benzene rings is 1. The van der Waals surface area contributed by atoms with Crippen LogP contribution in [0.2, 0.25) is 0 Å². The molecule has 0 spiro atoms. The number of rotatable bonds is 8. The van der Waals surface area contributed by atoms with Crippen LogP contribution in [-0.2, 0) is 6.42 Å². The van der Waals surface area contributed by atoms with Gasteiger partial charge in [0.1, 0.15) is 5.75 Å². The minimum absolute atomic E-state index is 0.123. The van der Waals surface area contributed by atoms with Gasteiger partial charge in [0.25, 0.3) is 0 Å². The van der Waals surface area contributed by atoms with Crippen molar-refractivity contribution in [3.63, 3.8) is 0 Å². The number of aryl methyl sites for hydroxylation is 2. The van der Waals surface area contributed by atoms with Gasteiger partial charge in [-0.3, -0.25) is 0 Å². The molecule has 2 unspecified atom stereocenters. The van der Waals surface area contributed by atoms with Gasteiger partial charge in [-0.05, 0) is 51.8 Å². The van der Waals surface area contributed by atoms with Gasteiger partial charge in [-0.25, -0.2) is 4.98 Å². The molecule has 2 atom stereocenters. The number of nitrogens with one attached hydrogen (secondary N) is 1. The largest absolute Gasteiger partial charge is 0.491 e. The van der Waals surface area contributed by atoms with Crippen LogP contribution in [0.15, 0.2) is 24.3 Å². The second-order valence-corrected chi connectivity index (χ2v) is 7.41. The molecule has 1 aromatic heterocycles. The fraction of sp³-hybridized carbons (Fsp3) is 0.526. The molecule has 24 heavy (non-hydrogen) atoms. The molecule has 1 heterocycles. The molecule has 0 amide bonds. The number of aliphatic hydroxyl groups excluding tert-OH is 1. The Hall–Kier alpha value is -1.43. The number of hydrogen-bond acceptors (Lipinski definition) is 5. The van der Waals surface area contributed by atoms with Crippen molar-refractivity contribution in [1.29, 1.82) is 0 Å². The Labute approximate surface area is 148 Å². The summed E-state index contributed by atoms with van der Waals surface area (Å²) in [6.07, 6.45) is 0.517. The molecule has 0 saturated carbocycles. The molecule has 0 saturated heterocycles. The van der Waals surface area contributed by atoms with Gasteiger partial charge in [-0.15, -0.1) is 11.3 Å². The lowest BCUT2D eigenvalue weighted by molar-refractivity contribution is 0.169. The summed E-state index contributed by atoms with van der Waals surface area (Å²) in [4.78, 5) is 5.82. The molecule has 0 fully saturated rings. The number of thiazole rings is 1. The summed E-state index contributed by atoms with van der Waals surface area (Å²) < 4.78 is 5.69. The lowest BCUT2D eigenvalue weighted by atomic mass is 10.1. The fourth-order valence-electron chi connectivity index (χ4n) is 2.58. The maximum atomic E-state index is 10.5. The van der Waals surface area contributed by atoms with Gasteiger partial charge in [0, 0.05) is 17.5 Å². The van der Waals surface area contributed by atoms with Crippen LogP contribution in [0.3, 0.4) is 0 Å². The van der Waals surface area contributed by atoms with Crippen molar-refractivity contribution in [1.82, 2.24) is 10.3 Å². The summed E-state index contributed by atoms with van der Waals surface area (Å²) in [5, 5.41) is 15.0. The zero-order chi connectivity index (χ0) is 17.7. The minimum atomic E-state index is -0.568. The summed E-state index contributed by atoms with van der Waals surface area (Å²) in [6.45, 7) is 10.8. The number of aliphatic hydroxyl groups is 1. The Morgan fingerprint density at radius 3 is 2.67 bits per heavy atom. The SMILES string of the molecule is CCc1nc(C)c(C(C)NCC(O)c2cccc(OC(C)C)c2)s1. The molecule has 0 aliphatic carbocycles. The van der Waals surface area contributed by atoms with E-state index in [-0.39, 0.29) is 12.1 Å². The molecule has 0 aliphatic heterocycles. The summed E-state index contributed by atoms with van der Waals surface area (Å²) in [5.74, 6) is 0.792. The fourth-order valence-corrected chi connectivity index (χ4v) is 3.62. The van der Waals surface area contributed by atoms with Crippen LogP contribution >= 0.6 is 11.3 Å². The third kappa shape index (κ3) is 5.03. The predicted octanol–water partition coefficient (Wildman–Crippen LogP) is 4.19. The highest BCUT2D eigenvalue weighted by molar-refractivity contribution is 7.11. The average Bonchev–Trinajstić information content (AvgIpc) is 2.93. The van der Waals surface area contributed by atoms with E-state index in [1.165, 1.54) is 4.88 Å². The van der Waals surface area contributed by atoms with Crippen LogP contribution in [0, 0.1) is 6.92 Å². The number of nitrogens with zero attached hydrogens (tertiary/aromatic N) is 1. The van der Waals surface area contributed by atoms with Gasteiger partial charge in [-0.1, -0.05) is 19.1 Å². The Morgan fingerprint density at radius 1 is 1.29 bits per heavy atom. The van der Waals surface area contributed by atoms with Crippen molar-refractivity contribution < 1.29 is 9.84 Å². The van der Waals surface area contributed by atoms with E-state index in [4.69, 9.17) is 4.74 Å². The number of aromatic nitrogens is 1. The van der Waals surface area contributed by atoms with Crippen molar-refractivity contribution in [3.8, 4) is 5.75 Å². The first-order chi connectivity index (χ1) is 11.4. The van der Waals surface area contributed by atoms with Crippen LogP contribution in [0.5, 0.6) is 5.75 Å². The van der Waals surface area contributed by atoms with E-state index < -0.39 is 6.10 Å². The molecule has 2 aromatic rings. The predicted molar refractivity (Wildman–Crippen MR) is 99.8 cm³/mol. The van der Waals surface area contributed by atoms with Crippen molar-refractivity contribution in [3.05, 3.63) is 45.4 Å². The quantitative estimate of drug-likeness (QED) is 0.751. The van der Waals surface area contributed by atoms with Crippen LogP contribution in [0.1, 0.15) is 61.0 Å². The highest BCUT2D eigenvalue weighted by Crippen LogP contribution is 2.26. The normalized spacial score (nSPS) is 14.0. The third-order valence-corrected chi connectivity index (χ3v) is 5.29. The molecule has 0 aliphatic rings. The van der Waals surface area contributed by atoms with Crippen molar-refractivity contribution in [2.24, 2.45) is 0 Å². The molecule has 2 rings (SSSR count). The van der Waals surface area contributed by atoms with Crippen LogP contribution in [0.4, 0.5) is 0 Å². The maximum absolute atomic E-state index is 10.5.